The van der Waals surface area contributed by atoms with Crippen LogP contribution in [0.15, 0.2) is 4.42 Å². The van der Waals surface area contributed by atoms with Crippen LogP contribution in [0.1, 0.15) is 38.5 Å². The summed E-state index contributed by atoms with van der Waals surface area (Å²) in [6.45, 7) is 2.31. The van der Waals surface area contributed by atoms with Gasteiger partial charge in [-0.2, -0.15) is 0 Å². The van der Waals surface area contributed by atoms with E-state index >= 15 is 0 Å². The number of alkyl halides is 1. The molecule has 2 rings (SSSR count). The van der Waals surface area contributed by atoms with Crippen LogP contribution in [0.3, 0.4) is 0 Å². The van der Waals surface area contributed by atoms with Crippen LogP contribution in [0.5, 0.6) is 0 Å². The van der Waals surface area contributed by atoms with Crippen LogP contribution in [0, 0.1) is 5.92 Å². The third-order valence-corrected chi connectivity index (χ3v) is 3.63. The van der Waals surface area contributed by atoms with Gasteiger partial charge in [0.2, 0.25) is 5.89 Å². The summed E-state index contributed by atoms with van der Waals surface area (Å²) >= 11 is 5.64. The molecule has 0 atom stereocenters. The number of hydrogen-bond acceptors (Lipinski definition) is 4. The van der Waals surface area contributed by atoms with Gasteiger partial charge in [-0.25, -0.2) is 0 Å². The van der Waals surface area contributed by atoms with Gasteiger partial charge < -0.3 is 9.32 Å². The summed E-state index contributed by atoms with van der Waals surface area (Å²) in [6, 6.07) is 1.12. The molecule has 1 fully saturated rings. The van der Waals surface area contributed by atoms with E-state index < -0.39 is 0 Å². The summed E-state index contributed by atoms with van der Waals surface area (Å²) in [5.41, 5.74) is 0. The Kier molecular flexibility index (Phi) is 3.69. The Morgan fingerprint density at radius 1 is 1.31 bits per heavy atom. The lowest BCUT2D eigenvalue weighted by Crippen LogP contribution is -2.35. The summed E-state index contributed by atoms with van der Waals surface area (Å²) in [5.74, 6) is 1.63. The van der Waals surface area contributed by atoms with Crippen molar-refractivity contribution in [2.24, 2.45) is 5.92 Å². The maximum absolute atomic E-state index is 5.64. The molecule has 0 unspecified atom stereocenters. The standard InChI is InChI=1S/C11H18ClN3O/c1-8-3-5-9(6-4-8)15(2)11-14-13-10(7-12)16-11/h8-9H,3-7H2,1-2H3. The monoisotopic (exact) mass is 243 g/mol. The van der Waals surface area contributed by atoms with Gasteiger partial charge in [0.05, 0.1) is 0 Å². The number of nitrogens with zero attached hydrogens (tertiary/aromatic N) is 3. The number of aromatic nitrogens is 2. The first-order valence-electron chi connectivity index (χ1n) is 5.82. The Morgan fingerprint density at radius 2 is 2.00 bits per heavy atom. The molecule has 0 spiro atoms. The van der Waals surface area contributed by atoms with E-state index in [9.17, 15) is 0 Å². The van der Waals surface area contributed by atoms with Crippen molar-refractivity contribution in [3.63, 3.8) is 0 Å². The average Bonchev–Trinajstić information content (AvgIpc) is 2.77. The fraction of sp³-hybridized carbons (Fsp3) is 0.818. The molecule has 16 heavy (non-hydrogen) atoms. The van der Waals surface area contributed by atoms with Crippen molar-refractivity contribution in [1.29, 1.82) is 0 Å². The lowest BCUT2D eigenvalue weighted by Gasteiger charge is -2.32. The highest BCUT2D eigenvalue weighted by Gasteiger charge is 2.24. The Morgan fingerprint density at radius 3 is 2.56 bits per heavy atom. The van der Waals surface area contributed by atoms with Gasteiger partial charge in [0.15, 0.2) is 0 Å². The van der Waals surface area contributed by atoms with Crippen molar-refractivity contribution >= 4 is 17.6 Å². The summed E-state index contributed by atoms with van der Waals surface area (Å²) in [6.07, 6.45) is 4.98. The lowest BCUT2D eigenvalue weighted by molar-refractivity contribution is 0.331. The Hall–Kier alpha value is -0.770. The number of halogens is 1. The fourth-order valence-corrected chi connectivity index (χ4v) is 2.34. The molecule has 90 valence electrons. The topological polar surface area (TPSA) is 42.2 Å². The smallest absolute Gasteiger partial charge is 0.318 e. The summed E-state index contributed by atoms with van der Waals surface area (Å²) in [7, 11) is 2.02. The van der Waals surface area contributed by atoms with Gasteiger partial charge in [0.1, 0.15) is 5.88 Å². The Labute approximate surface area is 101 Å². The molecule has 0 aliphatic heterocycles. The van der Waals surface area contributed by atoms with Crippen LogP contribution in [0.25, 0.3) is 0 Å². The summed E-state index contributed by atoms with van der Waals surface area (Å²) < 4.78 is 5.45. The van der Waals surface area contributed by atoms with Gasteiger partial charge in [-0.15, -0.1) is 16.7 Å². The lowest BCUT2D eigenvalue weighted by atomic mass is 9.87. The molecule has 0 aromatic carbocycles. The van der Waals surface area contributed by atoms with Crippen molar-refractivity contribution in [2.45, 2.75) is 44.5 Å². The molecule has 1 aromatic heterocycles. The Balaban J connectivity index is 1.98. The van der Waals surface area contributed by atoms with E-state index in [0.29, 0.717) is 17.9 Å². The minimum atomic E-state index is 0.280. The van der Waals surface area contributed by atoms with E-state index in [0.717, 1.165) is 5.92 Å². The van der Waals surface area contributed by atoms with E-state index in [-0.39, 0.29) is 5.88 Å². The second kappa shape index (κ2) is 5.04. The normalized spacial score (nSPS) is 25.7. The molecular formula is C11H18ClN3O. The Bertz CT molecular complexity index is 334. The van der Waals surface area contributed by atoms with Crippen molar-refractivity contribution in [3.8, 4) is 0 Å². The predicted molar refractivity (Wildman–Crippen MR) is 63.7 cm³/mol. The SMILES string of the molecule is CC1CCC(N(C)c2nnc(CCl)o2)CC1. The van der Waals surface area contributed by atoms with Crippen molar-refractivity contribution in [2.75, 3.05) is 11.9 Å². The highest BCUT2D eigenvalue weighted by atomic mass is 35.5. The first kappa shape index (κ1) is 11.7. The first-order valence-corrected chi connectivity index (χ1v) is 6.35. The van der Waals surface area contributed by atoms with E-state index in [1.54, 1.807) is 0 Å². The van der Waals surface area contributed by atoms with Gasteiger partial charge in [-0.1, -0.05) is 12.0 Å². The minimum absolute atomic E-state index is 0.280. The molecule has 0 radical (unpaired) electrons. The second-order valence-electron chi connectivity index (χ2n) is 4.64. The van der Waals surface area contributed by atoms with Gasteiger partial charge in [-0.05, 0) is 31.6 Å². The highest BCUT2D eigenvalue weighted by Crippen LogP contribution is 2.28. The first-order chi connectivity index (χ1) is 7.70. The van der Waals surface area contributed by atoms with Crippen LogP contribution in [0.2, 0.25) is 0 Å². The zero-order valence-corrected chi connectivity index (χ0v) is 10.6. The molecule has 1 heterocycles. The van der Waals surface area contributed by atoms with E-state index in [1.165, 1.54) is 25.7 Å². The molecule has 4 nitrogen and oxygen atoms in total. The van der Waals surface area contributed by atoms with Crippen LogP contribution < -0.4 is 4.90 Å². The maximum Gasteiger partial charge on any atom is 0.318 e. The van der Waals surface area contributed by atoms with Gasteiger partial charge in [0.25, 0.3) is 0 Å². The van der Waals surface area contributed by atoms with Crippen molar-refractivity contribution < 1.29 is 4.42 Å². The average molecular weight is 244 g/mol. The molecule has 1 aliphatic rings. The molecule has 1 saturated carbocycles. The second-order valence-corrected chi connectivity index (χ2v) is 4.90. The van der Waals surface area contributed by atoms with Crippen molar-refractivity contribution in [1.82, 2.24) is 10.2 Å². The van der Waals surface area contributed by atoms with Crippen LogP contribution in [-0.2, 0) is 5.88 Å². The van der Waals surface area contributed by atoms with Crippen LogP contribution in [0.4, 0.5) is 6.01 Å². The molecule has 0 amide bonds. The zero-order valence-electron chi connectivity index (χ0n) is 9.82. The van der Waals surface area contributed by atoms with Crippen LogP contribution >= 0.6 is 11.6 Å². The van der Waals surface area contributed by atoms with Gasteiger partial charge >= 0.3 is 6.01 Å². The molecule has 0 bridgehead atoms. The van der Waals surface area contributed by atoms with Gasteiger partial charge in [-0.3, -0.25) is 0 Å². The number of rotatable bonds is 3. The number of anilines is 1. The summed E-state index contributed by atoms with van der Waals surface area (Å²) in [4.78, 5) is 2.09. The zero-order chi connectivity index (χ0) is 11.5. The highest BCUT2D eigenvalue weighted by molar-refractivity contribution is 6.16. The quantitative estimate of drug-likeness (QED) is 0.766. The third kappa shape index (κ3) is 2.48. The molecule has 0 saturated heterocycles. The van der Waals surface area contributed by atoms with E-state index in [1.807, 2.05) is 7.05 Å². The summed E-state index contributed by atoms with van der Waals surface area (Å²) in [5, 5.41) is 7.88. The van der Waals surface area contributed by atoms with E-state index in [2.05, 4.69) is 22.0 Å². The molecule has 1 aromatic rings. The largest absolute Gasteiger partial charge is 0.407 e. The minimum Gasteiger partial charge on any atom is -0.407 e. The maximum atomic E-state index is 5.64. The van der Waals surface area contributed by atoms with E-state index in [4.69, 9.17) is 16.0 Å². The van der Waals surface area contributed by atoms with Crippen molar-refractivity contribution in [3.05, 3.63) is 5.89 Å². The molecular weight excluding hydrogens is 226 g/mol. The number of hydrogen-bond donors (Lipinski definition) is 0. The van der Waals surface area contributed by atoms with Crippen LogP contribution in [-0.4, -0.2) is 23.3 Å². The van der Waals surface area contributed by atoms with Gasteiger partial charge in [0, 0.05) is 13.1 Å². The molecule has 0 N–H and O–H groups in total. The third-order valence-electron chi connectivity index (χ3n) is 3.41. The molecule has 5 heteroatoms. The fourth-order valence-electron chi connectivity index (χ4n) is 2.23. The predicted octanol–water partition coefficient (Wildman–Crippen LogP) is 2.82. The molecule has 1 aliphatic carbocycles.